The Balaban J connectivity index is 2.69. The SMILES string of the molecule is CCOC(=O)C(C)(O)C(=O)NC1=CC=CC=CN1. The first kappa shape index (κ1) is 14.0. The van der Waals surface area contributed by atoms with E-state index in [1.165, 1.54) is 0 Å². The van der Waals surface area contributed by atoms with Crippen molar-refractivity contribution in [3.63, 3.8) is 0 Å². The van der Waals surface area contributed by atoms with Crippen molar-refractivity contribution in [2.75, 3.05) is 6.61 Å². The molecule has 98 valence electrons. The maximum atomic E-state index is 11.8. The molecule has 1 rings (SSSR count). The van der Waals surface area contributed by atoms with Crippen molar-refractivity contribution in [3.8, 4) is 0 Å². The minimum atomic E-state index is -2.22. The maximum absolute atomic E-state index is 11.8. The van der Waals surface area contributed by atoms with Crippen LogP contribution in [-0.4, -0.2) is 29.2 Å². The van der Waals surface area contributed by atoms with Gasteiger partial charge in [0.05, 0.1) is 6.61 Å². The highest BCUT2D eigenvalue weighted by Gasteiger charge is 2.40. The standard InChI is InChI=1S/C12H16N2O4/c1-3-18-11(16)12(2,17)10(15)14-9-7-5-4-6-8-13-9/h4-8,13,17H,3H2,1-2H3,(H,14,15). The Bertz CT molecular complexity index is 422. The number of hydrogen-bond acceptors (Lipinski definition) is 5. The van der Waals surface area contributed by atoms with Crippen LogP contribution in [0.15, 0.2) is 36.3 Å². The van der Waals surface area contributed by atoms with E-state index >= 15 is 0 Å². The third-order valence-electron chi connectivity index (χ3n) is 2.18. The van der Waals surface area contributed by atoms with Crippen molar-refractivity contribution in [1.29, 1.82) is 0 Å². The van der Waals surface area contributed by atoms with Crippen LogP contribution in [0.2, 0.25) is 0 Å². The Morgan fingerprint density at radius 1 is 1.44 bits per heavy atom. The number of ether oxygens (including phenoxy) is 1. The summed E-state index contributed by atoms with van der Waals surface area (Å²) in [6.45, 7) is 2.77. The van der Waals surface area contributed by atoms with Gasteiger partial charge in [-0.2, -0.15) is 0 Å². The number of carbonyl (C=O) groups is 2. The average molecular weight is 252 g/mol. The molecule has 0 aromatic rings. The van der Waals surface area contributed by atoms with Gasteiger partial charge in [-0.1, -0.05) is 12.2 Å². The summed E-state index contributed by atoms with van der Waals surface area (Å²) < 4.78 is 4.62. The van der Waals surface area contributed by atoms with Crippen LogP contribution in [0.3, 0.4) is 0 Å². The van der Waals surface area contributed by atoms with Gasteiger partial charge >= 0.3 is 5.97 Å². The maximum Gasteiger partial charge on any atom is 0.347 e. The predicted octanol–water partition coefficient (Wildman–Crippen LogP) is -0.0688. The van der Waals surface area contributed by atoms with Gasteiger partial charge < -0.3 is 20.5 Å². The number of esters is 1. The lowest BCUT2D eigenvalue weighted by Gasteiger charge is -2.20. The minimum Gasteiger partial charge on any atom is -0.463 e. The van der Waals surface area contributed by atoms with Gasteiger partial charge in [0.25, 0.3) is 5.91 Å². The highest BCUT2D eigenvalue weighted by Crippen LogP contribution is 2.07. The van der Waals surface area contributed by atoms with Gasteiger partial charge in [0.2, 0.25) is 5.60 Å². The van der Waals surface area contributed by atoms with E-state index in [9.17, 15) is 14.7 Å². The van der Waals surface area contributed by atoms with Crippen molar-refractivity contribution in [2.45, 2.75) is 19.4 Å². The van der Waals surface area contributed by atoms with Crippen LogP contribution in [0.5, 0.6) is 0 Å². The van der Waals surface area contributed by atoms with E-state index in [-0.39, 0.29) is 6.61 Å². The topological polar surface area (TPSA) is 87.7 Å². The predicted molar refractivity (Wildman–Crippen MR) is 64.9 cm³/mol. The van der Waals surface area contributed by atoms with Gasteiger partial charge in [-0.15, -0.1) is 0 Å². The van der Waals surface area contributed by atoms with Crippen molar-refractivity contribution < 1.29 is 19.4 Å². The average Bonchev–Trinajstić information content (AvgIpc) is 2.57. The van der Waals surface area contributed by atoms with Gasteiger partial charge in [-0.25, -0.2) is 4.79 Å². The number of hydrogen-bond donors (Lipinski definition) is 3. The van der Waals surface area contributed by atoms with E-state index in [4.69, 9.17) is 0 Å². The molecule has 0 aliphatic carbocycles. The summed E-state index contributed by atoms with van der Waals surface area (Å²) in [5.41, 5.74) is -2.22. The van der Waals surface area contributed by atoms with Gasteiger partial charge in [-0.3, -0.25) is 4.79 Å². The van der Waals surface area contributed by atoms with E-state index < -0.39 is 17.5 Å². The van der Waals surface area contributed by atoms with E-state index in [1.807, 2.05) is 0 Å². The first-order chi connectivity index (χ1) is 8.48. The Labute approximate surface area is 105 Å². The monoisotopic (exact) mass is 252 g/mol. The molecule has 6 heteroatoms. The molecule has 18 heavy (non-hydrogen) atoms. The van der Waals surface area contributed by atoms with Gasteiger partial charge in [0.15, 0.2) is 0 Å². The quantitative estimate of drug-likeness (QED) is 0.481. The fourth-order valence-corrected chi connectivity index (χ4v) is 1.14. The lowest BCUT2D eigenvalue weighted by Crippen LogP contribution is -2.51. The molecule has 0 aromatic carbocycles. The lowest BCUT2D eigenvalue weighted by atomic mass is 10.1. The molecule has 1 heterocycles. The fourth-order valence-electron chi connectivity index (χ4n) is 1.14. The molecule has 1 unspecified atom stereocenters. The second kappa shape index (κ2) is 6.02. The zero-order chi connectivity index (χ0) is 13.6. The first-order valence-corrected chi connectivity index (χ1v) is 5.49. The van der Waals surface area contributed by atoms with Crippen LogP contribution in [0, 0.1) is 0 Å². The molecule has 1 amide bonds. The molecular formula is C12H16N2O4. The molecule has 1 aliphatic heterocycles. The van der Waals surface area contributed by atoms with Gasteiger partial charge in [0, 0.05) is 6.20 Å². The van der Waals surface area contributed by atoms with Crippen LogP contribution < -0.4 is 10.6 Å². The van der Waals surface area contributed by atoms with Crippen molar-refractivity contribution >= 4 is 11.9 Å². The molecule has 0 radical (unpaired) electrons. The summed E-state index contributed by atoms with van der Waals surface area (Å²) >= 11 is 0. The molecule has 0 fully saturated rings. The van der Waals surface area contributed by atoms with Crippen molar-refractivity contribution in [3.05, 3.63) is 36.3 Å². The molecule has 0 saturated carbocycles. The zero-order valence-electron chi connectivity index (χ0n) is 10.3. The molecule has 1 atom stereocenters. The number of carbonyl (C=O) groups excluding carboxylic acids is 2. The smallest absolute Gasteiger partial charge is 0.347 e. The third-order valence-corrected chi connectivity index (χ3v) is 2.18. The van der Waals surface area contributed by atoms with Crippen molar-refractivity contribution in [2.24, 2.45) is 0 Å². The molecule has 3 N–H and O–H groups in total. The number of rotatable bonds is 4. The number of allylic oxidation sites excluding steroid dienone is 4. The minimum absolute atomic E-state index is 0.0919. The largest absolute Gasteiger partial charge is 0.463 e. The van der Waals surface area contributed by atoms with E-state index in [1.54, 1.807) is 37.4 Å². The Morgan fingerprint density at radius 2 is 2.17 bits per heavy atom. The normalized spacial score (nSPS) is 16.9. The van der Waals surface area contributed by atoms with Crippen LogP contribution in [0.4, 0.5) is 0 Å². The van der Waals surface area contributed by atoms with Gasteiger partial charge in [0.1, 0.15) is 5.82 Å². The van der Waals surface area contributed by atoms with Crippen LogP contribution >= 0.6 is 0 Å². The molecule has 0 bridgehead atoms. The number of amides is 1. The second-order valence-corrected chi connectivity index (χ2v) is 3.72. The lowest BCUT2D eigenvalue weighted by molar-refractivity contribution is -0.168. The van der Waals surface area contributed by atoms with Crippen LogP contribution in [-0.2, 0) is 14.3 Å². The summed E-state index contributed by atoms with van der Waals surface area (Å²) in [6, 6.07) is 0. The van der Waals surface area contributed by atoms with E-state index in [2.05, 4.69) is 15.4 Å². The third kappa shape index (κ3) is 3.46. The Hall–Kier alpha value is -2.08. The summed E-state index contributed by atoms with van der Waals surface area (Å²) in [6.07, 6.45) is 8.40. The second-order valence-electron chi connectivity index (χ2n) is 3.72. The summed E-state index contributed by atoms with van der Waals surface area (Å²) in [7, 11) is 0. The molecule has 0 aromatic heterocycles. The highest BCUT2D eigenvalue weighted by atomic mass is 16.5. The Morgan fingerprint density at radius 3 is 2.83 bits per heavy atom. The van der Waals surface area contributed by atoms with Gasteiger partial charge in [-0.05, 0) is 26.0 Å². The van der Waals surface area contributed by atoms with Crippen molar-refractivity contribution in [1.82, 2.24) is 10.6 Å². The zero-order valence-corrected chi connectivity index (χ0v) is 10.3. The van der Waals surface area contributed by atoms with E-state index in [0.717, 1.165) is 6.92 Å². The summed E-state index contributed by atoms with van der Waals surface area (Å²) in [5.74, 6) is -1.49. The number of aliphatic hydroxyl groups is 1. The molecule has 0 saturated heterocycles. The van der Waals surface area contributed by atoms with Crippen LogP contribution in [0.25, 0.3) is 0 Å². The number of nitrogens with one attached hydrogen (secondary N) is 2. The summed E-state index contributed by atoms with van der Waals surface area (Å²) in [4.78, 5) is 23.2. The molecule has 6 nitrogen and oxygen atoms in total. The summed E-state index contributed by atoms with van der Waals surface area (Å²) in [5, 5.41) is 15.0. The molecule has 1 aliphatic rings. The highest BCUT2D eigenvalue weighted by molar-refractivity contribution is 6.05. The Kier molecular flexibility index (Phi) is 4.67. The molecule has 0 spiro atoms. The van der Waals surface area contributed by atoms with E-state index in [0.29, 0.717) is 5.82 Å². The van der Waals surface area contributed by atoms with Crippen LogP contribution in [0.1, 0.15) is 13.8 Å². The molecular weight excluding hydrogens is 236 g/mol. The first-order valence-electron chi connectivity index (χ1n) is 5.49. The fraction of sp³-hybridized carbons (Fsp3) is 0.333.